The number of hydrogen-bond donors (Lipinski definition) is 1. The molecule has 0 radical (unpaired) electrons. The zero-order valence-electron chi connectivity index (χ0n) is 9.67. The molecule has 2 aromatic rings. The fourth-order valence-electron chi connectivity index (χ4n) is 2.28. The molecule has 1 atom stereocenters. The molecule has 1 aliphatic rings. The Hall–Kier alpha value is -2.29. The van der Waals surface area contributed by atoms with Crippen molar-refractivity contribution < 1.29 is 14.6 Å². The SMILES string of the molecule is O=C1O[C@@H](Cc2ccccc2)c2cccc(O)c21. The minimum atomic E-state index is -0.441. The largest absolute Gasteiger partial charge is 0.507 e. The number of carbonyl (C=O) groups is 1. The van der Waals surface area contributed by atoms with Gasteiger partial charge in [0.25, 0.3) is 0 Å². The van der Waals surface area contributed by atoms with Crippen LogP contribution in [-0.2, 0) is 11.2 Å². The van der Waals surface area contributed by atoms with E-state index in [2.05, 4.69) is 0 Å². The average molecular weight is 240 g/mol. The van der Waals surface area contributed by atoms with Crippen molar-refractivity contribution in [2.45, 2.75) is 12.5 Å². The van der Waals surface area contributed by atoms with Crippen LogP contribution < -0.4 is 0 Å². The summed E-state index contributed by atoms with van der Waals surface area (Å²) in [7, 11) is 0. The number of phenolic OH excluding ortho intramolecular Hbond substituents is 1. The summed E-state index contributed by atoms with van der Waals surface area (Å²) >= 11 is 0. The fraction of sp³-hybridized carbons (Fsp3) is 0.133. The van der Waals surface area contributed by atoms with Gasteiger partial charge in [-0.3, -0.25) is 0 Å². The lowest BCUT2D eigenvalue weighted by Gasteiger charge is -2.10. The number of carbonyl (C=O) groups excluding carboxylic acids is 1. The van der Waals surface area contributed by atoms with Crippen molar-refractivity contribution in [2.24, 2.45) is 0 Å². The minimum absolute atomic E-state index is 0.00642. The highest BCUT2D eigenvalue weighted by Gasteiger charge is 2.33. The number of rotatable bonds is 2. The Bertz CT molecular complexity index is 590. The van der Waals surface area contributed by atoms with Gasteiger partial charge in [-0.1, -0.05) is 42.5 Å². The maximum atomic E-state index is 11.7. The van der Waals surface area contributed by atoms with E-state index in [0.29, 0.717) is 12.0 Å². The van der Waals surface area contributed by atoms with Crippen LogP contribution in [0, 0.1) is 0 Å². The molecule has 3 heteroatoms. The molecule has 18 heavy (non-hydrogen) atoms. The van der Waals surface area contributed by atoms with E-state index >= 15 is 0 Å². The molecule has 90 valence electrons. The Kier molecular flexibility index (Phi) is 2.52. The molecule has 3 nitrogen and oxygen atoms in total. The first-order valence-corrected chi connectivity index (χ1v) is 5.82. The highest BCUT2D eigenvalue weighted by molar-refractivity contribution is 5.96. The van der Waals surface area contributed by atoms with Crippen molar-refractivity contribution in [2.75, 3.05) is 0 Å². The zero-order chi connectivity index (χ0) is 12.5. The van der Waals surface area contributed by atoms with Crippen molar-refractivity contribution in [3.8, 4) is 5.75 Å². The number of hydrogen-bond acceptors (Lipinski definition) is 3. The van der Waals surface area contributed by atoms with Gasteiger partial charge in [0.1, 0.15) is 17.4 Å². The Morgan fingerprint density at radius 1 is 1.06 bits per heavy atom. The van der Waals surface area contributed by atoms with Gasteiger partial charge in [0, 0.05) is 12.0 Å². The molecule has 0 amide bonds. The van der Waals surface area contributed by atoms with Crippen molar-refractivity contribution in [1.29, 1.82) is 0 Å². The summed E-state index contributed by atoms with van der Waals surface area (Å²) in [5.74, 6) is -0.447. The van der Waals surface area contributed by atoms with Crippen molar-refractivity contribution in [3.63, 3.8) is 0 Å². The summed E-state index contributed by atoms with van der Waals surface area (Å²) < 4.78 is 5.32. The van der Waals surface area contributed by atoms with Gasteiger partial charge in [-0.15, -0.1) is 0 Å². The van der Waals surface area contributed by atoms with Gasteiger partial charge in [0.15, 0.2) is 0 Å². The molecule has 0 unspecified atom stereocenters. The summed E-state index contributed by atoms with van der Waals surface area (Å²) in [6.45, 7) is 0. The molecule has 0 spiro atoms. The van der Waals surface area contributed by atoms with Crippen molar-refractivity contribution in [1.82, 2.24) is 0 Å². The number of cyclic esters (lactones) is 1. The minimum Gasteiger partial charge on any atom is -0.507 e. The van der Waals surface area contributed by atoms with E-state index < -0.39 is 5.97 Å². The van der Waals surface area contributed by atoms with Gasteiger partial charge < -0.3 is 9.84 Å². The van der Waals surface area contributed by atoms with E-state index in [-0.39, 0.29) is 11.9 Å². The van der Waals surface area contributed by atoms with Gasteiger partial charge in [-0.2, -0.15) is 0 Å². The summed E-state index contributed by atoms with van der Waals surface area (Å²) in [4.78, 5) is 11.7. The predicted molar refractivity (Wildman–Crippen MR) is 66.4 cm³/mol. The van der Waals surface area contributed by atoms with E-state index in [1.807, 2.05) is 36.4 Å². The fourth-order valence-corrected chi connectivity index (χ4v) is 2.28. The first kappa shape index (κ1) is 10.8. The molecule has 0 aliphatic carbocycles. The molecular weight excluding hydrogens is 228 g/mol. The zero-order valence-corrected chi connectivity index (χ0v) is 9.67. The van der Waals surface area contributed by atoms with Crippen molar-refractivity contribution in [3.05, 3.63) is 65.2 Å². The first-order chi connectivity index (χ1) is 8.75. The molecule has 2 aromatic carbocycles. The highest BCUT2D eigenvalue weighted by atomic mass is 16.5. The second-order valence-electron chi connectivity index (χ2n) is 4.33. The van der Waals surface area contributed by atoms with Crippen LogP contribution in [0.5, 0.6) is 5.75 Å². The number of phenols is 1. The third-order valence-corrected chi connectivity index (χ3v) is 3.14. The van der Waals surface area contributed by atoms with Gasteiger partial charge in [-0.05, 0) is 11.6 Å². The van der Waals surface area contributed by atoms with Crippen LogP contribution in [0.15, 0.2) is 48.5 Å². The van der Waals surface area contributed by atoms with Crippen LogP contribution in [0.4, 0.5) is 0 Å². The predicted octanol–water partition coefficient (Wildman–Crippen LogP) is 2.85. The van der Waals surface area contributed by atoms with Gasteiger partial charge >= 0.3 is 5.97 Å². The Labute approximate surface area is 105 Å². The summed E-state index contributed by atoms with van der Waals surface area (Å²) in [5, 5.41) is 9.68. The Balaban J connectivity index is 1.94. The lowest BCUT2D eigenvalue weighted by Crippen LogP contribution is -2.02. The van der Waals surface area contributed by atoms with Crippen LogP contribution >= 0.6 is 0 Å². The monoisotopic (exact) mass is 240 g/mol. The molecular formula is C15H12O3. The summed E-state index contributed by atoms with van der Waals surface area (Å²) in [6, 6.07) is 14.9. The maximum absolute atomic E-state index is 11.7. The molecule has 0 saturated heterocycles. The van der Waals surface area contributed by atoms with Crippen molar-refractivity contribution >= 4 is 5.97 Å². The van der Waals surface area contributed by atoms with E-state index in [0.717, 1.165) is 11.1 Å². The molecule has 1 N–H and O–H groups in total. The molecule has 1 aliphatic heterocycles. The van der Waals surface area contributed by atoms with E-state index in [1.165, 1.54) is 6.07 Å². The van der Waals surface area contributed by atoms with Crippen LogP contribution in [0.2, 0.25) is 0 Å². The number of ether oxygens (including phenoxy) is 1. The van der Waals surface area contributed by atoms with Crippen LogP contribution in [0.25, 0.3) is 0 Å². The second kappa shape index (κ2) is 4.18. The molecule has 1 heterocycles. The third kappa shape index (κ3) is 1.74. The van der Waals surface area contributed by atoms with E-state index in [4.69, 9.17) is 4.74 Å². The standard InChI is InChI=1S/C15H12O3/c16-12-8-4-7-11-13(18-15(17)14(11)12)9-10-5-2-1-3-6-10/h1-8,13,16H,9H2/t13-/m0/s1. The molecule has 0 aromatic heterocycles. The van der Waals surface area contributed by atoms with E-state index in [9.17, 15) is 9.90 Å². The van der Waals surface area contributed by atoms with Crippen LogP contribution in [0.3, 0.4) is 0 Å². The lowest BCUT2D eigenvalue weighted by atomic mass is 9.99. The molecule has 0 saturated carbocycles. The van der Waals surface area contributed by atoms with Gasteiger partial charge in [0.2, 0.25) is 0 Å². The summed E-state index contributed by atoms with van der Waals surface area (Å²) in [5.41, 5.74) is 2.17. The average Bonchev–Trinajstić information content (AvgIpc) is 2.69. The quantitative estimate of drug-likeness (QED) is 0.821. The molecule has 0 bridgehead atoms. The van der Waals surface area contributed by atoms with E-state index in [1.54, 1.807) is 6.07 Å². The number of fused-ring (bicyclic) bond motifs is 1. The molecule has 3 rings (SSSR count). The first-order valence-electron chi connectivity index (χ1n) is 5.82. The van der Waals surface area contributed by atoms with Gasteiger partial charge in [-0.25, -0.2) is 4.79 Å². The normalized spacial score (nSPS) is 17.3. The Morgan fingerprint density at radius 2 is 1.83 bits per heavy atom. The molecule has 0 fully saturated rings. The number of aromatic hydroxyl groups is 1. The van der Waals surface area contributed by atoms with Crippen LogP contribution in [0.1, 0.15) is 27.6 Å². The number of benzene rings is 2. The summed E-state index contributed by atoms with van der Waals surface area (Å²) in [6.07, 6.45) is 0.324. The Morgan fingerprint density at radius 3 is 2.61 bits per heavy atom. The smallest absolute Gasteiger partial charge is 0.342 e. The highest BCUT2D eigenvalue weighted by Crippen LogP contribution is 2.37. The van der Waals surface area contributed by atoms with Crippen LogP contribution in [-0.4, -0.2) is 11.1 Å². The van der Waals surface area contributed by atoms with Gasteiger partial charge in [0.05, 0.1) is 0 Å². The topological polar surface area (TPSA) is 46.5 Å². The third-order valence-electron chi connectivity index (χ3n) is 3.14. The second-order valence-corrected chi connectivity index (χ2v) is 4.33. The number of esters is 1. The lowest BCUT2D eigenvalue weighted by molar-refractivity contribution is 0.0385. The maximum Gasteiger partial charge on any atom is 0.342 e.